The van der Waals surface area contributed by atoms with Crippen LogP contribution in [0.2, 0.25) is 0 Å². The molecule has 0 aliphatic heterocycles. The Hall–Kier alpha value is -2.77. The predicted molar refractivity (Wildman–Crippen MR) is 70.8 cm³/mol. The molecule has 20 heavy (non-hydrogen) atoms. The van der Waals surface area contributed by atoms with E-state index in [1.807, 2.05) is 0 Å². The zero-order chi connectivity index (χ0) is 15.1. The minimum Gasteiger partial charge on any atom is -0.505 e. The molecule has 3 amide bonds. The summed E-state index contributed by atoms with van der Waals surface area (Å²) in [6.45, 7) is 1.97. The minimum absolute atomic E-state index is 0.0571. The summed E-state index contributed by atoms with van der Waals surface area (Å²) in [7, 11) is 0. The quantitative estimate of drug-likeness (QED) is 0.497. The number of phenols is 1. The van der Waals surface area contributed by atoms with E-state index in [0.29, 0.717) is 6.54 Å². The largest absolute Gasteiger partial charge is 0.505 e. The average Bonchev–Trinajstić information content (AvgIpc) is 2.39. The van der Waals surface area contributed by atoms with Gasteiger partial charge in [-0.1, -0.05) is 6.07 Å². The van der Waals surface area contributed by atoms with Gasteiger partial charge in [-0.25, -0.2) is 9.59 Å². The molecule has 0 saturated heterocycles. The average molecular weight is 281 g/mol. The van der Waals surface area contributed by atoms with E-state index in [4.69, 9.17) is 5.11 Å². The van der Waals surface area contributed by atoms with Crippen LogP contribution in [0.3, 0.4) is 0 Å². The van der Waals surface area contributed by atoms with Gasteiger partial charge in [0, 0.05) is 6.54 Å². The first-order chi connectivity index (χ1) is 9.45. The van der Waals surface area contributed by atoms with Crippen molar-refractivity contribution in [1.82, 2.24) is 10.6 Å². The Morgan fingerprint density at radius 2 is 1.90 bits per heavy atom. The molecule has 0 heterocycles. The number of carbonyl (C=O) groups is 3. The van der Waals surface area contributed by atoms with E-state index in [9.17, 15) is 19.5 Å². The fourth-order valence-electron chi connectivity index (χ4n) is 1.40. The van der Waals surface area contributed by atoms with Gasteiger partial charge in [0.25, 0.3) is 0 Å². The van der Waals surface area contributed by atoms with Crippen LogP contribution in [0.5, 0.6) is 5.75 Å². The number of carbonyl (C=O) groups excluding carboxylic acids is 2. The molecule has 0 aromatic heterocycles. The molecule has 0 atom stereocenters. The summed E-state index contributed by atoms with van der Waals surface area (Å²) in [5, 5.41) is 25.5. The lowest BCUT2D eigenvalue weighted by Crippen LogP contribution is -2.38. The number of anilines is 1. The molecule has 0 aliphatic rings. The van der Waals surface area contributed by atoms with Gasteiger partial charge in [-0.15, -0.1) is 0 Å². The summed E-state index contributed by atoms with van der Waals surface area (Å²) < 4.78 is 0. The van der Waals surface area contributed by atoms with Crippen molar-refractivity contribution in [2.24, 2.45) is 0 Å². The first-order valence-corrected chi connectivity index (χ1v) is 5.82. The summed E-state index contributed by atoms with van der Waals surface area (Å²) in [5.74, 6) is -2.21. The molecule has 108 valence electrons. The summed E-state index contributed by atoms with van der Waals surface area (Å²) >= 11 is 0. The Morgan fingerprint density at radius 1 is 1.20 bits per heavy atom. The Balaban J connectivity index is 2.65. The lowest BCUT2D eigenvalue weighted by atomic mass is 10.2. The van der Waals surface area contributed by atoms with Crippen molar-refractivity contribution in [2.45, 2.75) is 6.92 Å². The number of rotatable bonds is 5. The topological polar surface area (TPSA) is 128 Å². The smallest absolute Gasteiger partial charge is 0.339 e. The maximum atomic E-state index is 11.5. The van der Waals surface area contributed by atoms with E-state index in [2.05, 4.69) is 16.0 Å². The van der Waals surface area contributed by atoms with E-state index in [1.54, 1.807) is 6.92 Å². The van der Waals surface area contributed by atoms with Gasteiger partial charge in [0.15, 0.2) is 5.75 Å². The Labute approximate surface area is 114 Å². The highest BCUT2D eigenvalue weighted by molar-refractivity contribution is 5.98. The summed E-state index contributed by atoms with van der Waals surface area (Å²) in [6.07, 6.45) is 0. The van der Waals surface area contributed by atoms with Gasteiger partial charge in [-0.3, -0.25) is 4.79 Å². The molecule has 5 N–H and O–H groups in total. The highest BCUT2D eigenvalue weighted by atomic mass is 16.4. The van der Waals surface area contributed by atoms with E-state index in [1.165, 1.54) is 18.2 Å². The van der Waals surface area contributed by atoms with Crippen molar-refractivity contribution in [1.29, 1.82) is 0 Å². The number of aromatic hydroxyl groups is 1. The molecule has 0 saturated carbocycles. The number of amides is 3. The van der Waals surface area contributed by atoms with Crippen molar-refractivity contribution < 1.29 is 24.6 Å². The van der Waals surface area contributed by atoms with Gasteiger partial charge >= 0.3 is 12.0 Å². The van der Waals surface area contributed by atoms with Crippen molar-refractivity contribution in [3.63, 3.8) is 0 Å². The van der Waals surface area contributed by atoms with Crippen LogP contribution in [0.4, 0.5) is 10.5 Å². The van der Waals surface area contributed by atoms with Gasteiger partial charge in [-0.05, 0) is 19.1 Å². The van der Waals surface area contributed by atoms with Gasteiger partial charge in [0.1, 0.15) is 5.56 Å². The molecule has 0 spiro atoms. The number of benzene rings is 1. The molecule has 1 rings (SSSR count). The van der Waals surface area contributed by atoms with E-state index in [0.717, 1.165) is 0 Å². The number of hydrogen-bond donors (Lipinski definition) is 5. The van der Waals surface area contributed by atoms with E-state index in [-0.39, 0.29) is 23.7 Å². The second-order valence-electron chi connectivity index (χ2n) is 3.77. The number of likely N-dealkylation sites (N-methyl/N-ethyl adjacent to an activating group) is 1. The van der Waals surface area contributed by atoms with Gasteiger partial charge in [0.05, 0.1) is 12.2 Å². The molecule has 0 aliphatic carbocycles. The van der Waals surface area contributed by atoms with Crippen LogP contribution in [-0.4, -0.2) is 41.2 Å². The molecule has 8 heteroatoms. The lowest BCUT2D eigenvalue weighted by molar-refractivity contribution is -0.119. The fourth-order valence-corrected chi connectivity index (χ4v) is 1.40. The van der Waals surface area contributed by atoms with E-state index < -0.39 is 17.7 Å². The maximum Gasteiger partial charge on any atom is 0.339 e. The monoisotopic (exact) mass is 281 g/mol. The number of carboxylic acid groups (broad SMARTS) is 1. The normalized spacial score (nSPS) is 9.65. The molecule has 0 bridgehead atoms. The molecule has 1 aromatic carbocycles. The van der Waals surface area contributed by atoms with E-state index >= 15 is 0 Å². The molecule has 0 fully saturated rings. The number of carboxylic acids is 1. The first-order valence-electron chi connectivity index (χ1n) is 5.82. The van der Waals surface area contributed by atoms with Crippen LogP contribution >= 0.6 is 0 Å². The molecule has 1 aromatic rings. The van der Waals surface area contributed by atoms with Crippen LogP contribution < -0.4 is 16.0 Å². The summed E-state index contributed by atoms with van der Waals surface area (Å²) in [5.41, 5.74) is -0.384. The Morgan fingerprint density at radius 3 is 2.50 bits per heavy atom. The molecule has 0 radical (unpaired) electrons. The zero-order valence-corrected chi connectivity index (χ0v) is 10.8. The standard InChI is InChI=1S/C12H15N3O5/c1-2-13-9(16)6-14-12(20)15-8-5-3-4-7(10(8)17)11(18)19/h3-5,17H,2,6H2,1H3,(H,13,16)(H,18,19)(H2,14,15,20). The second kappa shape index (κ2) is 6.98. The number of nitrogens with one attached hydrogen (secondary N) is 3. The number of aromatic carboxylic acids is 1. The molecule has 8 nitrogen and oxygen atoms in total. The third-order valence-corrected chi connectivity index (χ3v) is 2.30. The number of hydrogen-bond acceptors (Lipinski definition) is 4. The number of urea groups is 1. The van der Waals surface area contributed by atoms with Gasteiger partial charge < -0.3 is 26.2 Å². The Kier molecular flexibility index (Phi) is 5.33. The first kappa shape index (κ1) is 15.3. The highest BCUT2D eigenvalue weighted by Crippen LogP contribution is 2.27. The van der Waals surface area contributed by atoms with Crippen molar-refractivity contribution in [2.75, 3.05) is 18.4 Å². The van der Waals surface area contributed by atoms with Gasteiger partial charge in [0.2, 0.25) is 5.91 Å². The second-order valence-corrected chi connectivity index (χ2v) is 3.77. The highest BCUT2D eigenvalue weighted by Gasteiger charge is 2.14. The van der Waals surface area contributed by atoms with Crippen LogP contribution in [-0.2, 0) is 4.79 Å². The molecular formula is C12H15N3O5. The minimum atomic E-state index is -1.31. The SMILES string of the molecule is CCNC(=O)CNC(=O)Nc1cccc(C(=O)O)c1O. The van der Waals surface area contributed by atoms with Crippen molar-refractivity contribution >= 4 is 23.6 Å². The third kappa shape index (κ3) is 4.16. The van der Waals surface area contributed by atoms with Crippen LogP contribution in [0.25, 0.3) is 0 Å². The maximum absolute atomic E-state index is 11.5. The predicted octanol–water partition coefficient (Wildman–Crippen LogP) is 0.348. The summed E-state index contributed by atoms with van der Waals surface area (Å²) in [4.78, 5) is 33.4. The molecule has 0 unspecified atom stereocenters. The zero-order valence-electron chi connectivity index (χ0n) is 10.8. The van der Waals surface area contributed by atoms with Crippen LogP contribution in [0, 0.1) is 0 Å². The molecular weight excluding hydrogens is 266 g/mol. The Bertz CT molecular complexity index is 530. The fraction of sp³-hybridized carbons (Fsp3) is 0.250. The number of para-hydroxylation sites is 1. The van der Waals surface area contributed by atoms with Crippen LogP contribution in [0.15, 0.2) is 18.2 Å². The van der Waals surface area contributed by atoms with Crippen molar-refractivity contribution in [3.05, 3.63) is 23.8 Å². The van der Waals surface area contributed by atoms with Crippen LogP contribution in [0.1, 0.15) is 17.3 Å². The summed E-state index contributed by atoms with van der Waals surface area (Å²) in [6, 6.07) is 3.19. The van der Waals surface area contributed by atoms with Gasteiger partial charge in [-0.2, -0.15) is 0 Å². The van der Waals surface area contributed by atoms with Crippen molar-refractivity contribution in [3.8, 4) is 5.75 Å². The lowest BCUT2D eigenvalue weighted by Gasteiger charge is -2.10. The third-order valence-electron chi connectivity index (χ3n) is 2.30.